The van der Waals surface area contributed by atoms with E-state index in [1.54, 1.807) is 6.08 Å². The monoisotopic (exact) mass is 123 g/mol. The number of rotatable bonds is 0. The standard InChI is InChI=1S/C8H11N/c1-7-4-2-3-5-8(7)6-9/h2,4,7-8H,3,5H2,1H3/t7-,8+/m1/s1/i3D,5D/t3-,5-,7+,8-/m0. The van der Waals surface area contributed by atoms with E-state index in [4.69, 9.17) is 8.00 Å². The Bertz CT molecular complexity index is 207. The van der Waals surface area contributed by atoms with E-state index in [0.29, 0.717) is 0 Å². The third-order valence-electron chi connectivity index (χ3n) is 1.56. The van der Waals surface area contributed by atoms with Crippen molar-refractivity contribution >= 4 is 0 Å². The van der Waals surface area contributed by atoms with Crippen molar-refractivity contribution in [3.8, 4) is 6.07 Å². The van der Waals surface area contributed by atoms with E-state index in [0.717, 1.165) is 0 Å². The van der Waals surface area contributed by atoms with Crippen molar-refractivity contribution < 1.29 is 2.74 Å². The molecule has 0 amide bonds. The SMILES string of the molecule is [2H][C@@H]1[C@@H](C#N)[C@H](C)C=C[C@@H]1[2H]. The quantitative estimate of drug-likeness (QED) is 0.452. The topological polar surface area (TPSA) is 23.8 Å². The van der Waals surface area contributed by atoms with Crippen LogP contribution in [0.3, 0.4) is 0 Å². The van der Waals surface area contributed by atoms with Crippen LogP contribution >= 0.6 is 0 Å². The zero-order valence-electron chi connectivity index (χ0n) is 7.41. The predicted molar refractivity (Wildman–Crippen MR) is 36.6 cm³/mol. The highest BCUT2D eigenvalue weighted by Crippen LogP contribution is 2.22. The third-order valence-corrected chi connectivity index (χ3v) is 1.56. The van der Waals surface area contributed by atoms with Gasteiger partial charge in [-0.2, -0.15) is 5.26 Å². The molecule has 1 rings (SSSR count). The second kappa shape index (κ2) is 2.68. The number of hydrogen-bond acceptors (Lipinski definition) is 1. The van der Waals surface area contributed by atoms with Crippen LogP contribution in [0.2, 0.25) is 0 Å². The Morgan fingerprint density at radius 1 is 1.89 bits per heavy atom. The summed E-state index contributed by atoms with van der Waals surface area (Å²) < 4.78 is 14.9. The van der Waals surface area contributed by atoms with Gasteiger partial charge in [0, 0.05) is 2.74 Å². The number of allylic oxidation sites excluding steroid dienone is 2. The Morgan fingerprint density at radius 3 is 3.22 bits per heavy atom. The highest BCUT2D eigenvalue weighted by Gasteiger charge is 2.15. The van der Waals surface area contributed by atoms with Crippen LogP contribution in [0, 0.1) is 23.2 Å². The molecule has 0 N–H and O–H groups in total. The van der Waals surface area contributed by atoms with Gasteiger partial charge in [-0.15, -0.1) is 0 Å². The molecule has 0 aromatic rings. The van der Waals surface area contributed by atoms with Crippen LogP contribution in [0.1, 0.15) is 22.5 Å². The van der Waals surface area contributed by atoms with Crippen LogP contribution in [0.4, 0.5) is 0 Å². The Labute approximate surface area is 58.8 Å². The maximum Gasteiger partial charge on any atom is 0.0661 e. The number of hydrogen-bond donors (Lipinski definition) is 0. The molecule has 0 saturated carbocycles. The summed E-state index contributed by atoms with van der Waals surface area (Å²) in [5.74, 6) is -0.174. The first kappa shape index (κ1) is 4.11. The van der Waals surface area contributed by atoms with Crippen molar-refractivity contribution in [1.82, 2.24) is 0 Å². The molecule has 0 spiro atoms. The number of nitriles is 1. The average Bonchev–Trinajstić information content (AvgIpc) is 1.99. The zero-order chi connectivity index (χ0) is 8.43. The summed E-state index contributed by atoms with van der Waals surface area (Å²) in [6, 6.07) is 2.08. The van der Waals surface area contributed by atoms with Crippen LogP contribution in [-0.4, -0.2) is 0 Å². The van der Waals surface area contributed by atoms with Gasteiger partial charge in [-0.05, 0) is 18.7 Å². The minimum atomic E-state index is -0.569. The van der Waals surface area contributed by atoms with Gasteiger partial charge in [0.05, 0.1) is 12.0 Å². The first-order chi connectivity index (χ1) is 5.16. The smallest absolute Gasteiger partial charge is 0.0661 e. The van der Waals surface area contributed by atoms with E-state index >= 15 is 0 Å². The molecule has 0 unspecified atom stereocenters. The average molecular weight is 123 g/mol. The number of nitrogens with zero attached hydrogens (tertiary/aromatic N) is 1. The van der Waals surface area contributed by atoms with Gasteiger partial charge in [-0.1, -0.05) is 19.1 Å². The molecule has 0 aromatic carbocycles. The van der Waals surface area contributed by atoms with Gasteiger partial charge in [-0.25, -0.2) is 0 Å². The maximum absolute atomic E-state index is 8.66. The first-order valence-electron chi connectivity index (χ1n) is 4.24. The fraction of sp³-hybridized carbons (Fsp3) is 0.625. The molecule has 0 fully saturated rings. The second-order valence-corrected chi connectivity index (χ2v) is 2.28. The van der Waals surface area contributed by atoms with Gasteiger partial charge >= 0.3 is 0 Å². The Hall–Kier alpha value is -0.770. The summed E-state index contributed by atoms with van der Waals surface area (Å²) in [5, 5.41) is 8.66. The fourth-order valence-electron chi connectivity index (χ4n) is 0.879. The van der Waals surface area contributed by atoms with Crippen LogP contribution in [0.5, 0.6) is 0 Å². The molecule has 1 aliphatic rings. The lowest BCUT2D eigenvalue weighted by Gasteiger charge is -2.16. The van der Waals surface area contributed by atoms with Gasteiger partial charge in [-0.3, -0.25) is 0 Å². The van der Waals surface area contributed by atoms with E-state index in [1.165, 1.54) is 0 Å². The van der Waals surface area contributed by atoms with Crippen LogP contribution in [0.25, 0.3) is 0 Å². The van der Waals surface area contributed by atoms with Crippen LogP contribution < -0.4 is 0 Å². The Balaban J connectivity index is 2.80. The molecule has 48 valence electrons. The molecule has 1 nitrogen and oxygen atoms in total. The van der Waals surface area contributed by atoms with Crippen LogP contribution in [-0.2, 0) is 0 Å². The molecule has 1 heteroatoms. The minimum absolute atomic E-state index is 0.129. The molecular weight excluding hydrogens is 110 g/mol. The Kier molecular flexibility index (Phi) is 1.22. The second-order valence-electron chi connectivity index (χ2n) is 2.28. The molecule has 0 radical (unpaired) electrons. The summed E-state index contributed by atoms with van der Waals surface area (Å²) >= 11 is 0. The summed E-state index contributed by atoms with van der Waals surface area (Å²) in [6.45, 7) is 1.91. The van der Waals surface area contributed by atoms with E-state index < -0.39 is 12.8 Å². The predicted octanol–water partition coefficient (Wildman–Crippen LogP) is 2.11. The molecule has 9 heavy (non-hydrogen) atoms. The van der Waals surface area contributed by atoms with Crippen LogP contribution in [0.15, 0.2) is 12.2 Å². The van der Waals surface area contributed by atoms with E-state index in [1.807, 2.05) is 13.0 Å². The van der Waals surface area contributed by atoms with Gasteiger partial charge in [0.15, 0.2) is 0 Å². The van der Waals surface area contributed by atoms with E-state index in [-0.39, 0.29) is 11.8 Å². The highest BCUT2D eigenvalue weighted by atomic mass is 14.3. The van der Waals surface area contributed by atoms with Gasteiger partial charge in [0.2, 0.25) is 0 Å². The van der Waals surface area contributed by atoms with Gasteiger partial charge < -0.3 is 0 Å². The van der Waals surface area contributed by atoms with Crippen molar-refractivity contribution in [3.05, 3.63) is 12.2 Å². The fourth-order valence-corrected chi connectivity index (χ4v) is 0.879. The third kappa shape index (κ3) is 1.32. The molecular formula is C8H11N. The van der Waals surface area contributed by atoms with Crippen molar-refractivity contribution in [3.63, 3.8) is 0 Å². The van der Waals surface area contributed by atoms with Gasteiger partial charge in [0.25, 0.3) is 0 Å². The van der Waals surface area contributed by atoms with Crippen molar-refractivity contribution in [2.45, 2.75) is 19.7 Å². The minimum Gasteiger partial charge on any atom is -0.198 e. The molecule has 0 aromatic heterocycles. The summed E-state index contributed by atoms with van der Waals surface area (Å²) in [6.07, 6.45) is 2.48. The highest BCUT2D eigenvalue weighted by molar-refractivity contribution is 5.02. The molecule has 4 atom stereocenters. The molecule has 0 saturated heterocycles. The molecule has 0 bridgehead atoms. The normalized spacial score (nSPS) is 53.3. The molecule has 0 heterocycles. The summed E-state index contributed by atoms with van der Waals surface area (Å²) in [7, 11) is 0. The van der Waals surface area contributed by atoms with Crippen molar-refractivity contribution in [1.29, 1.82) is 5.26 Å². The van der Waals surface area contributed by atoms with Gasteiger partial charge in [0.1, 0.15) is 0 Å². The van der Waals surface area contributed by atoms with Crippen molar-refractivity contribution in [2.75, 3.05) is 0 Å². The van der Waals surface area contributed by atoms with E-state index in [2.05, 4.69) is 6.07 Å². The van der Waals surface area contributed by atoms with Crippen molar-refractivity contribution in [2.24, 2.45) is 11.8 Å². The lowest BCUT2D eigenvalue weighted by molar-refractivity contribution is 0.470. The maximum atomic E-state index is 8.66. The molecule has 0 aliphatic heterocycles. The lowest BCUT2D eigenvalue weighted by atomic mass is 9.87. The molecule has 1 aliphatic carbocycles. The lowest BCUT2D eigenvalue weighted by Crippen LogP contribution is -2.09. The van der Waals surface area contributed by atoms with E-state index in [9.17, 15) is 0 Å². The zero-order valence-corrected chi connectivity index (χ0v) is 5.41. The first-order valence-corrected chi connectivity index (χ1v) is 3.09. The largest absolute Gasteiger partial charge is 0.198 e. The Morgan fingerprint density at radius 2 is 2.67 bits per heavy atom. The summed E-state index contributed by atoms with van der Waals surface area (Å²) in [4.78, 5) is 0. The summed E-state index contributed by atoms with van der Waals surface area (Å²) in [5.41, 5.74) is 0.